The third-order valence-corrected chi connectivity index (χ3v) is 2.98. The van der Waals surface area contributed by atoms with Crippen molar-refractivity contribution >= 4 is 11.7 Å². The number of esters is 1. The molecule has 0 atom stereocenters. The van der Waals surface area contributed by atoms with E-state index in [4.69, 9.17) is 10.5 Å². The van der Waals surface area contributed by atoms with Crippen molar-refractivity contribution in [2.24, 2.45) is 5.92 Å². The van der Waals surface area contributed by atoms with Crippen molar-refractivity contribution in [1.82, 2.24) is 0 Å². The predicted octanol–water partition coefficient (Wildman–Crippen LogP) is 2.45. The highest BCUT2D eigenvalue weighted by molar-refractivity contribution is 5.92. The molecule has 0 spiro atoms. The molecular weight excluding hydrogens is 202 g/mol. The quantitative estimate of drug-likeness (QED) is 0.627. The van der Waals surface area contributed by atoms with E-state index in [-0.39, 0.29) is 5.97 Å². The molecule has 0 aliphatic heterocycles. The summed E-state index contributed by atoms with van der Waals surface area (Å²) in [5.41, 5.74) is 8.94. The molecule has 0 bridgehead atoms. The zero-order chi connectivity index (χ0) is 11.7. The van der Waals surface area contributed by atoms with Crippen molar-refractivity contribution in [3.63, 3.8) is 0 Å². The van der Waals surface area contributed by atoms with Crippen LogP contribution in [0.4, 0.5) is 5.69 Å². The van der Waals surface area contributed by atoms with Crippen LogP contribution >= 0.6 is 0 Å². The predicted molar refractivity (Wildman–Crippen MR) is 63.3 cm³/mol. The van der Waals surface area contributed by atoms with Gasteiger partial charge >= 0.3 is 5.97 Å². The van der Waals surface area contributed by atoms with Crippen LogP contribution in [0.5, 0.6) is 0 Å². The number of nitrogens with two attached hydrogens (primary N) is 1. The topological polar surface area (TPSA) is 52.3 Å². The minimum absolute atomic E-state index is 0.254. The summed E-state index contributed by atoms with van der Waals surface area (Å²) < 4.78 is 5.23. The van der Waals surface area contributed by atoms with Gasteiger partial charge in [0, 0.05) is 5.69 Å². The van der Waals surface area contributed by atoms with Crippen LogP contribution in [-0.4, -0.2) is 12.6 Å². The maximum Gasteiger partial charge on any atom is 0.338 e. The number of hydrogen-bond donors (Lipinski definition) is 1. The minimum atomic E-state index is -0.254. The van der Waals surface area contributed by atoms with Gasteiger partial charge in [0.05, 0.1) is 12.2 Å². The first-order chi connectivity index (χ1) is 7.58. The second-order valence-electron chi connectivity index (χ2n) is 4.57. The highest BCUT2D eigenvalue weighted by Gasteiger charge is 2.23. The molecule has 2 N–H and O–H groups in total. The zero-order valence-corrected chi connectivity index (χ0v) is 9.75. The Morgan fingerprint density at radius 3 is 2.69 bits per heavy atom. The van der Waals surface area contributed by atoms with Gasteiger partial charge in [0.25, 0.3) is 0 Å². The minimum Gasteiger partial charge on any atom is -0.462 e. The highest BCUT2D eigenvalue weighted by Crippen LogP contribution is 2.29. The summed E-state index contributed by atoms with van der Waals surface area (Å²) in [5, 5.41) is 0. The van der Waals surface area contributed by atoms with E-state index in [1.54, 1.807) is 6.07 Å². The summed E-state index contributed by atoms with van der Waals surface area (Å²) >= 11 is 0. The van der Waals surface area contributed by atoms with E-state index >= 15 is 0 Å². The van der Waals surface area contributed by atoms with Crippen LogP contribution in [0.3, 0.4) is 0 Å². The van der Waals surface area contributed by atoms with Crippen LogP contribution in [0.25, 0.3) is 0 Å². The van der Waals surface area contributed by atoms with E-state index in [9.17, 15) is 4.79 Å². The first-order valence-electron chi connectivity index (χ1n) is 5.62. The van der Waals surface area contributed by atoms with Crippen molar-refractivity contribution in [2.45, 2.75) is 26.7 Å². The second-order valence-corrected chi connectivity index (χ2v) is 4.57. The third kappa shape index (κ3) is 2.35. The lowest BCUT2D eigenvalue weighted by atomic mass is 10.0. The van der Waals surface area contributed by atoms with Gasteiger partial charge in [-0.3, -0.25) is 0 Å². The molecule has 1 aromatic rings. The van der Waals surface area contributed by atoms with Gasteiger partial charge in [0.15, 0.2) is 0 Å². The van der Waals surface area contributed by atoms with Crippen LogP contribution in [0.15, 0.2) is 12.1 Å². The number of nitrogen functional groups attached to an aromatic ring is 1. The molecule has 16 heavy (non-hydrogen) atoms. The SMILES string of the molecule is Cc1cc(C)c(C(=O)OCC2CC2)cc1N. The Bertz CT molecular complexity index is 422. The smallest absolute Gasteiger partial charge is 0.338 e. The largest absolute Gasteiger partial charge is 0.462 e. The summed E-state index contributed by atoms with van der Waals surface area (Å²) in [5.74, 6) is 0.336. The normalized spacial score (nSPS) is 14.9. The van der Waals surface area contributed by atoms with Gasteiger partial charge in [-0.1, -0.05) is 6.07 Å². The summed E-state index contributed by atoms with van der Waals surface area (Å²) in [6.45, 7) is 4.38. The molecule has 0 amide bonds. The van der Waals surface area contributed by atoms with Crippen molar-refractivity contribution in [3.8, 4) is 0 Å². The van der Waals surface area contributed by atoms with Crippen LogP contribution in [0.2, 0.25) is 0 Å². The molecule has 1 aliphatic carbocycles. The Morgan fingerprint density at radius 1 is 1.38 bits per heavy atom. The molecule has 1 aliphatic rings. The molecule has 0 radical (unpaired) electrons. The zero-order valence-electron chi connectivity index (χ0n) is 9.75. The van der Waals surface area contributed by atoms with Gasteiger partial charge in [0.1, 0.15) is 0 Å². The molecular formula is C13H17NO2. The molecule has 1 saturated carbocycles. The van der Waals surface area contributed by atoms with Crippen LogP contribution < -0.4 is 5.73 Å². The molecule has 3 heteroatoms. The van der Waals surface area contributed by atoms with Crippen molar-refractivity contribution in [3.05, 3.63) is 28.8 Å². The Kier molecular flexibility index (Phi) is 2.86. The summed E-state index contributed by atoms with van der Waals surface area (Å²) in [4.78, 5) is 11.8. The molecule has 0 saturated heterocycles. The lowest BCUT2D eigenvalue weighted by Crippen LogP contribution is -2.10. The van der Waals surface area contributed by atoms with E-state index in [1.165, 1.54) is 12.8 Å². The van der Waals surface area contributed by atoms with Crippen molar-refractivity contribution < 1.29 is 9.53 Å². The Balaban J connectivity index is 2.11. The number of carbonyl (C=O) groups is 1. The molecule has 2 rings (SSSR count). The maximum atomic E-state index is 11.8. The fraction of sp³-hybridized carbons (Fsp3) is 0.462. The average molecular weight is 219 g/mol. The third-order valence-electron chi connectivity index (χ3n) is 2.98. The number of rotatable bonds is 3. The van der Waals surface area contributed by atoms with Gasteiger partial charge in [-0.25, -0.2) is 4.79 Å². The lowest BCUT2D eigenvalue weighted by molar-refractivity contribution is 0.0485. The monoisotopic (exact) mass is 219 g/mol. The maximum absolute atomic E-state index is 11.8. The summed E-state index contributed by atoms with van der Waals surface area (Å²) in [6.07, 6.45) is 2.37. The molecule has 3 nitrogen and oxygen atoms in total. The van der Waals surface area contributed by atoms with Gasteiger partial charge in [-0.2, -0.15) is 0 Å². The summed E-state index contributed by atoms with van der Waals surface area (Å²) in [7, 11) is 0. The standard InChI is InChI=1S/C13H17NO2/c1-8-5-9(2)12(14)6-11(8)13(15)16-7-10-3-4-10/h5-6,10H,3-4,7,14H2,1-2H3. The number of benzene rings is 1. The number of hydrogen-bond acceptors (Lipinski definition) is 3. The van der Waals surface area contributed by atoms with E-state index in [1.807, 2.05) is 19.9 Å². The van der Waals surface area contributed by atoms with E-state index in [2.05, 4.69) is 0 Å². The molecule has 86 valence electrons. The van der Waals surface area contributed by atoms with Crippen LogP contribution in [0.1, 0.15) is 34.3 Å². The Labute approximate surface area is 95.6 Å². The molecule has 0 unspecified atom stereocenters. The van der Waals surface area contributed by atoms with E-state index < -0.39 is 0 Å². The number of aryl methyl sites for hydroxylation is 2. The lowest BCUT2D eigenvalue weighted by Gasteiger charge is -2.09. The van der Waals surface area contributed by atoms with Gasteiger partial charge in [0.2, 0.25) is 0 Å². The Morgan fingerprint density at radius 2 is 2.06 bits per heavy atom. The van der Waals surface area contributed by atoms with Crippen LogP contribution in [0, 0.1) is 19.8 Å². The van der Waals surface area contributed by atoms with Gasteiger partial charge < -0.3 is 10.5 Å². The fourth-order valence-corrected chi connectivity index (χ4v) is 1.64. The first kappa shape index (κ1) is 11.0. The highest BCUT2D eigenvalue weighted by atomic mass is 16.5. The van der Waals surface area contributed by atoms with Gasteiger partial charge in [-0.05, 0) is 49.8 Å². The van der Waals surface area contributed by atoms with Crippen molar-refractivity contribution in [2.75, 3.05) is 12.3 Å². The average Bonchev–Trinajstić information content (AvgIpc) is 3.03. The van der Waals surface area contributed by atoms with E-state index in [0.29, 0.717) is 23.8 Å². The number of ether oxygens (including phenoxy) is 1. The van der Waals surface area contributed by atoms with Crippen molar-refractivity contribution in [1.29, 1.82) is 0 Å². The van der Waals surface area contributed by atoms with Crippen LogP contribution in [-0.2, 0) is 4.74 Å². The molecule has 1 aromatic carbocycles. The van der Waals surface area contributed by atoms with E-state index in [0.717, 1.165) is 11.1 Å². The molecule has 0 aromatic heterocycles. The van der Waals surface area contributed by atoms with Gasteiger partial charge in [-0.15, -0.1) is 0 Å². The molecule has 1 fully saturated rings. The second kappa shape index (κ2) is 4.16. The number of anilines is 1. The molecule has 0 heterocycles. The Hall–Kier alpha value is -1.51. The summed E-state index contributed by atoms with van der Waals surface area (Å²) in [6, 6.07) is 3.63. The first-order valence-corrected chi connectivity index (χ1v) is 5.62. The fourth-order valence-electron chi connectivity index (χ4n) is 1.64. The number of carbonyl (C=O) groups excluding carboxylic acids is 1.